The van der Waals surface area contributed by atoms with Crippen LogP contribution in [0.4, 0.5) is 4.79 Å². The van der Waals surface area contributed by atoms with Gasteiger partial charge >= 0.3 is 12.1 Å². The summed E-state index contributed by atoms with van der Waals surface area (Å²) in [5.74, 6) is 1.20. The largest absolute Gasteiger partial charge is 0.490 e. The molecule has 0 aliphatic heterocycles. The van der Waals surface area contributed by atoms with Crippen molar-refractivity contribution in [2.24, 2.45) is 17.8 Å². The van der Waals surface area contributed by atoms with Crippen LogP contribution >= 0.6 is 0 Å². The van der Waals surface area contributed by atoms with Crippen LogP contribution in [0.3, 0.4) is 0 Å². The van der Waals surface area contributed by atoms with Gasteiger partial charge < -0.3 is 24.0 Å². The van der Waals surface area contributed by atoms with Crippen molar-refractivity contribution in [3.63, 3.8) is 0 Å². The van der Waals surface area contributed by atoms with Gasteiger partial charge in [-0.15, -0.1) is 0 Å². The van der Waals surface area contributed by atoms with Gasteiger partial charge in [0, 0.05) is 18.7 Å². The maximum Gasteiger partial charge on any atom is 0.410 e. The van der Waals surface area contributed by atoms with Gasteiger partial charge in [0.05, 0.1) is 17.2 Å². The highest BCUT2D eigenvalue weighted by molar-refractivity contribution is 5.70. The van der Waals surface area contributed by atoms with Gasteiger partial charge in [-0.1, -0.05) is 18.0 Å². The second kappa shape index (κ2) is 9.31. The van der Waals surface area contributed by atoms with E-state index in [-0.39, 0.29) is 30.8 Å². The molecule has 3 aliphatic carbocycles. The SMILES string of the molecule is Cc1noc(-c2ccc(O[C@H]3C[C@H](C(=O)O)C[C@@H]4C[C@@H]43)cc2)c1COC(=O)N(C)C1CCCC1. The number of rotatable bonds is 7. The lowest BCUT2D eigenvalue weighted by molar-refractivity contribution is -0.144. The zero-order valence-corrected chi connectivity index (χ0v) is 19.7. The Bertz CT molecular complexity index is 1040. The Balaban J connectivity index is 1.22. The Kier molecular flexibility index (Phi) is 6.23. The summed E-state index contributed by atoms with van der Waals surface area (Å²) in [6, 6.07) is 7.79. The monoisotopic (exact) mass is 468 g/mol. The summed E-state index contributed by atoms with van der Waals surface area (Å²) in [4.78, 5) is 25.7. The summed E-state index contributed by atoms with van der Waals surface area (Å²) in [5.41, 5.74) is 2.26. The quantitative estimate of drug-likeness (QED) is 0.607. The smallest absolute Gasteiger partial charge is 0.410 e. The van der Waals surface area contributed by atoms with Gasteiger partial charge in [-0.3, -0.25) is 4.79 Å². The van der Waals surface area contributed by atoms with Crippen molar-refractivity contribution >= 4 is 12.1 Å². The highest BCUT2D eigenvalue weighted by atomic mass is 16.6. The molecule has 0 spiro atoms. The van der Waals surface area contributed by atoms with Crippen molar-refractivity contribution in [3.8, 4) is 17.1 Å². The molecular formula is C26H32N2O6. The average molecular weight is 469 g/mol. The number of hydrogen-bond donors (Lipinski definition) is 1. The van der Waals surface area contributed by atoms with Crippen molar-refractivity contribution in [2.45, 2.75) is 70.6 Å². The van der Waals surface area contributed by atoms with Gasteiger partial charge in [-0.05, 0) is 75.1 Å². The highest BCUT2D eigenvalue weighted by Crippen LogP contribution is 2.52. The standard InChI is InChI=1S/C26H32N2O6/c1-15-22(14-32-26(31)28(2)19-5-3-4-6-19)24(34-27-15)16-7-9-20(10-8-16)33-23-13-18(25(29)30)11-17-12-21(17)23/h7-10,17-19,21,23H,3-6,11-14H2,1-2H3,(H,29,30)/t17-,18-,21+,23+/m1/s1. The third-order valence-electron chi connectivity index (χ3n) is 7.80. The van der Waals surface area contributed by atoms with E-state index in [2.05, 4.69) is 5.16 Å². The number of ether oxygens (including phenoxy) is 2. The molecule has 1 N–H and O–H groups in total. The number of carbonyl (C=O) groups is 2. The first kappa shape index (κ1) is 22.7. The second-order valence-corrected chi connectivity index (χ2v) is 10.0. The molecular weight excluding hydrogens is 436 g/mol. The highest BCUT2D eigenvalue weighted by Gasteiger charge is 2.51. The minimum atomic E-state index is -0.724. The molecule has 0 saturated heterocycles. The summed E-state index contributed by atoms with van der Waals surface area (Å²) in [6.07, 6.45) is 6.36. The average Bonchev–Trinajstić information content (AvgIpc) is 3.24. The molecule has 182 valence electrons. The van der Waals surface area contributed by atoms with Crippen LogP contribution in [0.5, 0.6) is 5.75 Å². The predicted octanol–water partition coefficient (Wildman–Crippen LogP) is 5.04. The normalized spacial score (nSPS) is 26.1. The Morgan fingerprint density at radius 2 is 1.88 bits per heavy atom. The lowest BCUT2D eigenvalue weighted by atomic mass is 9.87. The van der Waals surface area contributed by atoms with Crippen LogP contribution in [0.15, 0.2) is 28.8 Å². The number of hydrogen-bond acceptors (Lipinski definition) is 6. The van der Waals surface area contributed by atoms with Crippen LogP contribution in [0.1, 0.15) is 56.2 Å². The number of carbonyl (C=O) groups excluding carboxylic acids is 1. The Morgan fingerprint density at radius 3 is 2.59 bits per heavy atom. The van der Waals surface area contributed by atoms with Gasteiger partial charge in [0.1, 0.15) is 18.5 Å². The van der Waals surface area contributed by atoms with Gasteiger partial charge in [0.15, 0.2) is 5.76 Å². The molecule has 3 aliphatic rings. The number of amides is 1. The van der Waals surface area contributed by atoms with Crippen molar-refractivity contribution in [1.29, 1.82) is 0 Å². The van der Waals surface area contributed by atoms with Crippen LogP contribution in [-0.4, -0.2) is 46.4 Å². The van der Waals surface area contributed by atoms with Crippen molar-refractivity contribution in [3.05, 3.63) is 35.5 Å². The lowest BCUT2D eigenvalue weighted by Gasteiger charge is -2.27. The number of fused-ring (bicyclic) bond motifs is 1. The molecule has 5 rings (SSSR count). The fraction of sp³-hybridized carbons (Fsp3) is 0.577. The second-order valence-electron chi connectivity index (χ2n) is 10.0. The van der Waals surface area contributed by atoms with Crippen LogP contribution in [-0.2, 0) is 16.1 Å². The van der Waals surface area contributed by atoms with E-state index in [4.69, 9.17) is 14.0 Å². The van der Waals surface area contributed by atoms with E-state index < -0.39 is 5.97 Å². The number of aryl methyl sites for hydroxylation is 1. The molecule has 8 nitrogen and oxygen atoms in total. The van der Waals surface area contributed by atoms with Crippen LogP contribution in [0.25, 0.3) is 11.3 Å². The molecule has 2 aromatic rings. The number of carboxylic acid groups (broad SMARTS) is 1. The number of aliphatic carboxylic acids is 1. The molecule has 8 heteroatoms. The van der Waals surface area contributed by atoms with Gasteiger partial charge in [0.2, 0.25) is 0 Å². The first-order valence-electron chi connectivity index (χ1n) is 12.3. The first-order valence-corrected chi connectivity index (χ1v) is 12.3. The third-order valence-corrected chi connectivity index (χ3v) is 7.80. The van der Waals surface area contributed by atoms with E-state index in [0.717, 1.165) is 49.7 Å². The topological polar surface area (TPSA) is 102 Å². The lowest BCUT2D eigenvalue weighted by Crippen LogP contribution is -2.35. The summed E-state index contributed by atoms with van der Waals surface area (Å²) in [7, 11) is 1.80. The summed E-state index contributed by atoms with van der Waals surface area (Å²) < 4.78 is 17.3. The van der Waals surface area contributed by atoms with E-state index in [1.54, 1.807) is 11.9 Å². The summed E-state index contributed by atoms with van der Waals surface area (Å²) in [5, 5.41) is 13.5. The zero-order valence-electron chi connectivity index (χ0n) is 19.7. The van der Waals surface area contributed by atoms with E-state index >= 15 is 0 Å². The molecule has 1 aromatic heterocycles. The Morgan fingerprint density at radius 1 is 1.15 bits per heavy atom. The number of benzene rings is 1. The maximum absolute atomic E-state index is 12.5. The van der Waals surface area contributed by atoms with Crippen LogP contribution in [0.2, 0.25) is 0 Å². The minimum absolute atomic E-state index is 0.0509. The van der Waals surface area contributed by atoms with Crippen molar-refractivity contribution in [2.75, 3.05) is 7.05 Å². The summed E-state index contributed by atoms with van der Waals surface area (Å²) in [6.45, 7) is 1.93. The first-order chi connectivity index (χ1) is 16.4. The predicted molar refractivity (Wildman–Crippen MR) is 123 cm³/mol. The fourth-order valence-electron chi connectivity index (χ4n) is 5.57. The van der Waals surface area contributed by atoms with Gasteiger partial charge in [0.25, 0.3) is 0 Å². The number of nitrogens with zero attached hydrogens (tertiary/aromatic N) is 2. The van der Waals surface area contributed by atoms with Gasteiger partial charge in [-0.2, -0.15) is 0 Å². The molecule has 3 fully saturated rings. The van der Waals surface area contributed by atoms with E-state index in [1.807, 2.05) is 31.2 Å². The molecule has 1 aromatic carbocycles. The van der Waals surface area contributed by atoms with E-state index in [0.29, 0.717) is 35.5 Å². The maximum atomic E-state index is 12.5. The zero-order chi connectivity index (χ0) is 23.8. The van der Waals surface area contributed by atoms with Crippen molar-refractivity contribution < 1.29 is 28.7 Å². The third kappa shape index (κ3) is 4.63. The molecule has 0 unspecified atom stereocenters. The van der Waals surface area contributed by atoms with E-state index in [1.165, 1.54) is 0 Å². The molecule has 3 saturated carbocycles. The molecule has 34 heavy (non-hydrogen) atoms. The van der Waals surface area contributed by atoms with Crippen LogP contribution < -0.4 is 4.74 Å². The Hall–Kier alpha value is -3.03. The molecule has 1 heterocycles. The molecule has 4 atom stereocenters. The minimum Gasteiger partial charge on any atom is -0.490 e. The number of aromatic nitrogens is 1. The molecule has 0 bridgehead atoms. The Labute approximate surface area is 199 Å². The van der Waals surface area contributed by atoms with Gasteiger partial charge in [-0.25, -0.2) is 4.79 Å². The van der Waals surface area contributed by atoms with Crippen LogP contribution in [0, 0.1) is 24.7 Å². The molecule has 0 radical (unpaired) electrons. The number of carboxylic acids is 1. The fourth-order valence-corrected chi connectivity index (χ4v) is 5.57. The molecule has 1 amide bonds. The summed E-state index contributed by atoms with van der Waals surface area (Å²) >= 11 is 0. The van der Waals surface area contributed by atoms with Crippen molar-refractivity contribution in [1.82, 2.24) is 10.1 Å². The van der Waals surface area contributed by atoms with E-state index in [9.17, 15) is 14.7 Å².